The first-order valence-electron chi connectivity index (χ1n) is 12.1. The van der Waals surface area contributed by atoms with Crippen LogP contribution in [0.25, 0.3) is 5.69 Å². The van der Waals surface area contributed by atoms with Crippen molar-refractivity contribution in [2.45, 2.75) is 39.3 Å². The Hall–Kier alpha value is -3.86. The lowest BCUT2D eigenvalue weighted by Crippen LogP contribution is -2.40. The molecule has 1 saturated heterocycles. The first kappa shape index (κ1) is 24.8. The maximum Gasteiger partial charge on any atom is 0.276 e. The van der Waals surface area contributed by atoms with Crippen LogP contribution in [0.1, 0.15) is 42.7 Å². The molecule has 3 aromatic rings. The Kier molecular flexibility index (Phi) is 6.40. The standard InChI is InChI=1S/C26H27F3N6O2/c1-15(2)35-23-16(14-32(35)3)24(33-11-4-5-12-33)21(13-19(23)29)30-26(37)20-9-10-22(36)34(31-20)25-17(27)7-6-8-18(25)28/h6-10,13,15H,4-5,11-12,14H2,1-3H3,(H,30,37). The normalized spacial score (nSPS) is 15.5. The number of benzene rings is 2. The highest BCUT2D eigenvalue weighted by Gasteiger charge is 2.35. The van der Waals surface area contributed by atoms with Gasteiger partial charge in [0.1, 0.15) is 17.2 Å². The Labute approximate surface area is 211 Å². The molecule has 1 amide bonds. The molecule has 0 spiro atoms. The molecule has 194 valence electrons. The van der Waals surface area contributed by atoms with Crippen molar-refractivity contribution in [3.05, 3.63) is 75.5 Å². The third-order valence-electron chi connectivity index (χ3n) is 6.65. The van der Waals surface area contributed by atoms with Crippen molar-refractivity contribution in [3.8, 4) is 5.69 Å². The lowest BCUT2D eigenvalue weighted by molar-refractivity contribution is 0.102. The second kappa shape index (κ2) is 9.55. The van der Waals surface area contributed by atoms with Gasteiger partial charge in [-0.2, -0.15) is 9.78 Å². The summed E-state index contributed by atoms with van der Waals surface area (Å²) in [7, 11) is 1.89. The summed E-state index contributed by atoms with van der Waals surface area (Å²) in [6.07, 6.45) is 1.95. The van der Waals surface area contributed by atoms with E-state index in [0.29, 0.717) is 16.9 Å². The highest BCUT2D eigenvalue weighted by Crippen LogP contribution is 2.45. The third-order valence-corrected chi connectivity index (χ3v) is 6.65. The van der Waals surface area contributed by atoms with Crippen LogP contribution in [-0.2, 0) is 6.54 Å². The summed E-state index contributed by atoms with van der Waals surface area (Å²) < 4.78 is 44.6. The summed E-state index contributed by atoms with van der Waals surface area (Å²) in [6.45, 7) is 5.96. The van der Waals surface area contributed by atoms with Gasteiger partial charge in [-0.05, 0) is 44.9 Å². The average molecular weight is 513 g/mol. The molecule has 2 aromatic carbocycles. The Morgan fingerprint density at radius 1 is 0.973 bits per heavy atom. The molecule has 0 saturated carbocycles. The maximum absolute atomic E-state index is 15.5. The van der Waals surface area contributed by atoms with Gasteiger partial charge >= 0.3 is 0 Å². The van der Waals surface area contributed by atoms with Crippen LogP contribution < -0.4 is 20.8 Å². The zero-order valence-electron chi connectivity index (χ0n) is 20.8. The molecule has 0 unspecified atom stereocenters. The minimum absolute atomic E-state index is 0.0247. The van der Waals surface area contributed by atoms with Gasteiger partial charge in [0.05, 0.1) is 17.1 Å². The molecule has 2 aliphatic heterocycles. The number of aromatic nitrogens is 2. The van der Waals surface area contributed by atoms with E-state index in [9.17, 15) is 18.4 Å². The second-order valence-electron chi connectivity index (χ2n) is 9.52. The first-order valence-corrected chi connectivity index (χ1v) is 12.1. The van der Waals surface area contributed by atoms with Gasteiger partial charge in [0.15, 0.2) is 11.6 Å². The van der Waals surface area contributed by atoms with E-state index < -0.39 is 34.6 Å². The van der Waals surface area contributed by atoms with Gasteiger partial charge in [0.25, 0.3) is 11.5 Å². The fraction of sp³-hybridized carbons (Fsp3) is 0.346. The number of para-hydroxylation sites is 1. The SMILES string of the molecule is CC(C)N1c2c(F)cc(NC(=O)c3ccc(=O)n(-c4c(F)cccc4F)n3)c(N3CCCC3)c2CN1C. The van der Waals surface area contributed by atoms with Crippen molar-refractivity contribution in [2.24, 2.45) is 0 Å². The second-order valence-corrected chi connectivity index (χ2v) is 9.52. The van der Waals surface area contributed by atoms with Crippen LogP contribution in [0.3, 0.4) is 0 Å². The topological polar surface area (TPSA) is 73.7 Å². The van der Waals surface area contributed by atoms with E-state index in [1.54, 1.807) is 0 Å². The van der Waals surface area contributed by atoms with E-state index in [0.717, 1.165) is 61.4 Å². The van der Waals surface area contributed by atoms with Gasteiger partial charge in [-0.15, -0.1) is 0 Å². The zero-order chi connectivity index (χ0) is 26.4. The van der Waals surface area contributed by atoms with Gasteiger partial charge in [-0.25, -0.2) is 18.2 Å². The predicted octanol–water partition coefficient (Wildman–Crippen LogP) is 4.08. The highest BCUT2D eigenvalue weighted by molar-refractivity contribution is 6.05. The van der Waals surface area contributed by atoms with Crippen molar-refractivity contribution >= 4 is 23.0 Å². The molecule has 37 heavy (non-hydrogen) atoms. The number of hydrazine groups is 1. The number of amides is 1. The molecule has 0 radical (unpaired) electrons. The number of fused-ring (bicyclic) bond motifs is 1. The molecular weight excluding hydrogens is 485 g/mol. The van der Waals surface area contributed by atoms with E-state index in [-0.39, 0.29) is 17.4 Å². The first-order chi connectivity index (χ1) is 17.7. The lowest BCUT2D eigenvalue weighted by atomic mass is 10.1. The van der Waals surface area contributed by atoms with E-state index in [2.05, 4.69) is 15.3 Å². The van der Waals surface area contributed by atoms with Crippen LogP contribution in [0.5, 0.6) is 0 Å². The quantitative estimate of drug-likeness (QED) is 0.556. The highest BCUT2D eigenvalue weighted by atomic mass is 19.1. The third kappa shape index (κ3) is 4.33. The summed E-state index contributed by atoms with van der Waals surface area (Å²) in [5, 5.41) is 10.5. The van der Waals surface area contributed by atoms with E-state index in [4.69, 9.17) is 0 Å². The zero-order valence-corrected chi connectivity index (χ0v) is 20.8. The summed E-state index contributed by atoms with van der Waals surface area (Å²) in [5.41, 5.74) is 0.541. The number of rotatable bonds is 5. The predicted molar refractivity (Wildman–Crippen MR) is 135 cm³/mol. The summed E-state index contributed by atoms with van der Waals surface area (Å²) >= 11 is 0. The molecule has 0 bridgehead atoms. The molecule has 2 aliphatic rings. The molecule has 5 rings (SSSR count). The molecule has 1 aromatic heterocycles. The largest absolute Gasteiger partial charge is 0.370 e. The van der Waals surface area contributed by atoms with Gasteiger partial charge in [0, 0.05) is 50.4 Å². The van der Waals surface area contributed by atoms with Crippen molar-refractivity contribution in [2.75, 3.05) is 35.4 Å². The van der Waals surface area contributed by atoms with Gasteiger partial charge < -0.3 is 10.2 Å². The van der Waals surface area contributed by atoms with Crippen LogP contribution in [0.2, 0.25) is 0 Å². The summed E-state index contributed by atoms with van der Waals surface area (Å²) in [6, 6.07) is 6.64. The summed E-state index contributed by atoms with van der Waals surface area (Å²) in [5.74, 6) is -3.21. The Morgan fingerprint density at radius 2 is 1.65 bits per heavy atom. The van der Waals surface area contributed by atoms with Crippen LogP contribution in [-0.4, -0.2) is 46.9 Å². The van der Waals surface area contributed by atoms with Crippen molar-refractivity contribution in [3.63, 3.8) is 0 Å². The Bertz CT molecular complexity index is 1410. The average Bonchev–Trinajstić information content (AvgIpc) is 3.48. The fourth-order valence-corrected chi connectivity index (χ4v) is 5.18. The van der Waals surface area contributed by atoms with Crippen LogP contribution in [0.4, 0.5) is 30.2 Å². The number of nitrogens with one attached hydrogen (secondary N) is 1. The van der Waals surface area contributed by atoms with Gasteiger partial charge in [-0.1, -0.05) is 6.07 Å². The number of anilines is 3. The monoisotopic (exact) mass is 512 g/mol. The molecular formula is C26H27F3N6O2. The molecule has 0 atom stereocenters. The van der Waals surface area contributed by atoms with Crippen molar-refractivity contribution in [1.82, 2.24) is 14.8 Å². The Morgan fingerprint density at radius 3 is 2.30 bits per heavy atom. The number of halogens is 3. The van der Waals surface area contributed by atoms with Crippen LogP contribution in [0, 0.1) is 17.5 Å². The summed E-state index contributed by atoms with van der Waals surface area (Å²) in [4.78, 5) is 27.7. The smallest absolute Gasteiger partial charge is 0.276 e. The van der Waals surface area contributed by atoms with Crippen molar-refractivity contribution < 1.29 is 18.0 Å². The van der Waals surface area contributed by atoms with E-state index >= 15 is 4.39 Å². The minimum atomic E-state index is -0.997. The molecule has 11 heteroatoms. The van der Waals surface area contributed by atoms with Gasteiger partial charge in [-0.3, -0.25) is 14.6 Å². The number of carbonyl (C=O) groups excluding carboxylic acids is 1. The lowest BCUT2D eigenvalue weighted by Gasteiger charge is -2.31. The molecule has 1 fully saturated rings. The molecule has 8 nitrogen and oxygen atoms in total. The van der Waals surface area contributed by atoms with Gasteiger partial charge in [0.2, 0.25) is 0 Å². The minimum Gasteiger partial charge on any atom is -0.370 e. The number of carbonyl (C=O) groups is 1. The van der Waals surface area contributed by atoms with Crippen LogP contribution in [0.15, 0.2) is 41.2 Å². The Balaban J connectivity index is 1.57. The van der Waals surface area contributed by atoms with E-state index in [1.165, 1.54) is 12.1 Å². The maximum atomic E-state index is 15.5. The fourth-order valence-electron chi connectivity index (χ4n) is 5.18. The number of hydrogen-bond donors (Lipinski definition) is 1. The molecule has 3 heterocycles. The molecule has 1 N–H and O–H groups in total. The van der Waals surface area contributed by atoms with Crippen LogP contribution >= 0.6 is 0 Å². The van der Waals surface area contributed by atoms with Crippen molar-refractivity contribution in [1.29, 1.82) is 0 Å². The molecule has 0 aliphatic carbocycles. The van der Waals surface area contributed by atoms with E-state index in [1.807, 2.05) is 30.9 Å². The number of hydrogen-bond acceptors (Lipinski definition) is 6. The number of nitrogens with zero attached hydrogens (tertiary/aromatic N) is 5.